The zero-order chi connectivity index (χ0) is 17.4. The molecule has 1 aromatic carbocycles. The standard InChI is InChI=1S/C18H17N3O3/c1-2-24-17-9-13(5-6-16(17)22)8-15(10-19)18(23)21-12-14-4-3-7-20-11-14/h3-9,11,22H,2,12H2,1H3,(H,21,23). The molecule has 0 saturated heterocycles. The van der Waals surface area contributed by atoms with Crippen LogP contribution in [0.1, 0.15) is 18.1 Å². The normalized spacial score (nSPS) is 10.8. The summed E-state index contributed by atoms with van der Waals surface area (Å²) in [7, 11) is 0. The molecule has 0 fully saturated rings. The molecule has 1 heterocycles. The van der Waals surface area contributed by atoms with Gasteiger partial charge in [-0.3, -0.25) is 9.78 Å². The number of phenols is 1. The first kappa shape index (κ1) is 17.0. The maximum Gasteiger partial charge on any atom is 0.262 e. The van der Waals surface area contributed by atoms with Gasteiger partial charge in [0, 0.05) is 18.9 Å². The number of aromatic hydroxyl groups is 1. The fourth-order valence-electron chi connectivity index (χ4n) is 1.99. The van der Waals surface area contributed by atoms with Crippen molar-refractivity contribution in [2.24, 2.45) is 0 Å². The molecule has 0 aliphatic heterocycles. The van der Waals surface area contributed by atoms with Crippen molar-refractivity contribution < 1.29 is 14.6 Å². The zero-order valence-corrected chi connectivity index (χ0v) is 13.2. The van der Waals surface area contributed by atoms with E-state index in [-0.39, 0.29) is 17.9 Å². The summed E-state index contributed by atoms with van der Waals surface area (Å²) < 4.78 is 5.29. The molecule has 0 saturated carbocycles. The van der Waals surface area contributed by atoms with Crippen molar-refractivity contribution in [3.63, 3.8) is 0 Å². The number of benzene rings is 1. The van der Waals surface area contributed by atoms with Crippen LogP contribution in [0.25, 0.3) is 6.08 Å². The molecule has 0 spiro atoms. The quantitative estimate of drug-likeness (QED) is 0.629. The summed E-state index contributed by atoms with van der Waals surface area (Å²) in [5.41, 5.74) is 1.39. The van der Waals surface area contributed by atoms with Crippen LogP contribution in [0.2, 0.25) is 0 Å². The number of rotatable bonds is 6. The van der Waals surface area contributed by atoms with Crippen molar-refractivity contribution in [2.45, 2.75) is 13.5 Å². The summed E-state index contributed by atoms with van der Waals surface area (Å²) in [6.07, 6.45) is 4.73. The van der Waals surface area contributed by atoms with E-state index in [1.165, 1.54) is 12.1 Å². The third-order valence-corrected chi connectivity index (χ3v) is 3.14. The summed E-state index contributed by atoms with van der Waals surface area (Å²) >= 11 is 0. The Morgan fingerprint density at radius 1 is 1.46 bits per heavy atom. The van der Waals surface area contributed by atoms with Gasteiger partial charge in [-0.05, 0) is 42.3 Å². The predicted octanol–water partition coefficient (Wildman–Crippen LogP) is 2.41. The van der Waals surface area contributed by atoms with Crippen LogP contribution in [0.3, 0.4) is 0 Å². The average molecular weight is 323 g/mol. The highest BCUT2D eigenvalue weighted by atomic mass is 16.5. The van der Waals surface area contributed by atoms with Gasteiger partial charge in [-0.25, -0.2) is 0 Å². The highest BCUT2D eigenvalue weighted by Gasteiger charge is 2.10. The Kier molecular flexibility index (Phi) is 5.92. The molecule has 0 radical (unpaired) electrons. The number of hydrogen-bond acceptors (Lipinski definition) is 5. The third-order valence-electron chi connectivity index (χ3n) is 3.14. The van der Waals surface area contributed by atoms with Gasteiger partial charge in [-0.2, -0.15) is 5.26 Å². The molecule has 122 valence electrons. The van der Waals surface area contributed by atoms with E-state index in [2.05, 4.69) is 10.3 Å². The second kappa shape index (κ2) is 8.34. The fraction of sp³-hybridized carbons (Fsp3) is 0.167. The van der Waals surface area contributed by atoms with Crippen LogP contribution < -0.4 is 10.1 Å². The van der Waals surface area contributed by atoms with Crippen molar-refractivity contribution >= 4 is 12.0 Å². The Hall–Kier alpha value is -3.33. The largest absolute Gasteiger partial charge is 0.504 e. The number of carbonyl (C=O) groups is 1. The van der Waals surface area contributed by atoms with Gasteiger partial charge in [0.1, 0.15) is 11.6 Å². The summed E-state index contributed by atoms with van der Waals surface area (Å²) in [6.45, 7) is 2.48. The summed E-state index contributed by atoms with van der Waals surface area (Å²) in [5.74, 6) is -0.166. The first-order chi connectivity index (χ1) is 11.6. The van der Waals surface area contributed by atoms with E-state index < -0.39 is 5.91 Å². The molecule has 6 nitrogen and oxygen atoms in total. The number of phenolic OH excluding ortho intramolecular Hbond substituents is 1. The molecular formula is C18H17N3O3. The molecule has 2 aromatic rings. The molecular weight excluding hydrogens is 306 g/mol. The van der Waals surface area contributed by atoms with Crippen molar-refractivity contribution in [1.82, 2.24) is 10.3 Å². The summed E-state index contributed by atoms with van der Waals surface area (Å²) in [6, 6.07) is 10.1. The Labute approximate surface area is 140 Å². The highest BCUT2D eigenvalue weighted by Crippen LogP contribution is 2.27. The van der Waals surface area contributed by atoms with Gasteiger partial charge in [0.25, 0.3) is 5.91 Å². The lowest BCUT2D eigenvalue weighted by molar-refractivity contribution is -0.117. The van der Waals surface area contributed by atoms with Crippen molar-refractivity contribution in [3.8, 4) is 17.6 Å². The lowest BCUT2D eigenvalue weighted by atomic mass is 10.1. The van der Waals surface area contributed by atoms with Crippen LogP contribution in [-0.2, 0) is 11.3 Å². The molecule has 2 N–H and O–H groups in total. The number of carbonyl (C=O) groups excluding carboxylic acids is 1. The topological polar surface area (TPSA) is 95.2 Å². The monoisotopic (exact) mass is 323 g/mol. The van der Waals surface area contributed by atoms with Crippen LogP contribution in [0.5, 0.6) is 11.5 Å². The van der Waals surface area contributed by atoms with Gasteiger partial charge < -0.3 is 15.2 Å². The molecule has 24 heavy (non-hydrogen) atoms. The molecule has 0 aliphatic carbocycles. The molecule has 1 aromatic heterocycles. The molecule has 2 rings (SSSR count). The predicted molar refractivity (Wildman–Crippen MR) is 88.9 cm³/mol. The van der Waals surface area contributed by atoms with E-state index in [9.17, 15) is 15.2 Å². The molecule has 0 aliphatic rings. The molecule has 1 amide bonds. The second-order valence-electron chi connectivity index (χ2n) is 4.87. The van der Waals surface area contributed by atoms with Gasteiger partial charge in [-0.1, -0.05) is 12.1 Å². The van der Waals surface area contributed by atoms with Crippen LogP contribution in [-0.4, -0.2) is 22.6 Å². The Balaban J connectivity index is 2.12. The van der Waals surface area contributed by atoms with Crippen molar-refractivity contribution in [3.05, 3.63) is 59.4 Å². The number of nitriles is 1. The van der Waals surface area contributed by atoms with Crippen LogP contribution >= 0.6 is 0 Å². The molecule has 0 unspecified atom stereocenters. The first-order valence-electron chi connectivity index (χ1n) is 7.38. The van der Waals surface area contributed by atoms with Crippen molar-refractivity contribution in [1.29, 1.82) is 5.26 Å². The summed E-state index contributed by atoms with van der Waals surface area (Å²) in [5, 5.41) is 21.6. The Morgan fingerprint density at radius 3 is 2.96 bits per heavy atom. The highest BCUT2D eigenvalue weighted by molar-refractivity contribution is 6.01. The molecule has 0 bridgehead atoms. The zero-order valence-electron chi connectivity index (χ0n) is 13.2. The second-order valence-corrected chi connectivity index (χ2v) is 4.87. The lowest BCUT2D eigenvalue weighted by Gasteiger charge is -2.07. The number of pyridine rings is 1. The number of amides is 1. The van der Waals surface area contributed by atoms with E-state index in [0.717, 1.165) is 5.56 Å². The maximum atomic E-state index is 12.1. The minimum atomic E-state index is -0.479. The van der Waals surface area contributed by atoms with Gasteiger partial charge >= 0.3 is 0 Å². The number of hydrogen-bond donors (Lipinski definition) is 2. The summed E-state index contributed by atoms with van der Waals surface area (Å²) in [4.78, 5) is 16.1. The third kappa shape index (κ3) is 4.58. The van der Waals surface area contributed by atoms with E-state index in [4.69, 9.17) is 4.74 Å². The number of nitrogens with one attached hydrogen (secondary N) is 1. The number of aromatic nitrogens is 1. The fourth-order valence-corrected chi connectivity index (χ4v) is 1.99. The molecule has 0 atom stereocenters. The lowest BCUT2D eigenvalue weighted by Crippen LogP contribution is -2.24. The number of ether oxygens (including phenoxy) is 1. The van der Waals surface area contributed by atoms with Gasteiger partial charge in [0.05, 0.1) is 6.61 Å². The van der Waals surface area contributed by atoms with Crippen LogP contribution in [0.4, 0.5) is 0 Å². The van der Waals surface area contributed by atoms with Gasteiger partial charge in [0.15, 0.2) is 11.5 Å². The van der Waals surface area contributed by atoms with Gasteiger partial charge in [-0.15, -0.1) is 0 Å². The van der Waals surface area contributed by atoms with Crippen LogP contribution in [0.15, 0.2) is 48.3 Å². The smallest absolute Gasteiger partial charge is 0.262 e. The minimum absolute atomic E-state index is 0.00790. The van der Waals surface area contributed by atoms with Gasteiger partial charge in [0.2, 0.25) is 0 Å². The maximum absolute atomic E-state index is 12.1. The Bertz CT molecular complexity index is 780. The SMILES string of the molecule is CCOc1cc(C=C(C#N)C(=O)NCc2cccnc2)ccc1O. The Morgan fingerprint density at radius 2 is 2.29 bits per heavy atom. The van der Waals surface area contributed by atoms with E-state index >= 15 is 0 Å². The van der Waals surface area contributed by atoms with E-state index in [0.29, 0.717) is 17.9 Å². The van der Waals surface area contributed by atoms with Crippen molar-refractivity contribution in [2.75, 3.05) is 6.61 Å². The number of nitrogens with zero attached hydrogens (tertiary/aromatic N) is 2. The molecule has 6 heteroatoms. The van der Waals surface area contributed by atoms with Crippen LogP contribution in [0, 0.1) is 11.3 Å². The van der Waals surface area contributed by atoms with E-state index in [1.54, 1.807) is 37.5 Å². The average Bonchev–Trinajstić information content (AvgIpc) is 2.61. The minimum Gasteiger partial charge on any atom is -0.504 e. The first-order valence-corrected chi connectivity index (χ1v) is 7.38. The van der Waals surface area contributed by atoms with E-state index in [1.807, 2.05) is 12.1 Å².